The molecule has 5 nitrogen and oxygen atoms in total. The largest absolute Gasteiger partial charge is 0.492 e. The van der Waals surface area contributed by atoms with Crippen LogP contribution in [0.2, 0.25) is 0 Å². The van der Waals surface area contributed by atoms with Crippen molar-refractivity contribution in [3.8, 4) is 11.5 Å². The second-order valence-electron chi connectivity index (χ2n) is 4.64. The number of carbonyl (C=O) groups is 1. The van der Waals surface area contributed by atoms with Crippen LogP contribution in [-0.2, 0) is 9.53 Å². The topological polar surface area (TPSA) is 60.6 Å². The average molecular weight is 365 g/mol. The summed E-state index contributed by atoms with van der Waals surface area (Å²) >= 11 is 6.57. The smallest absolute Gasteiger partial charge is 0.332 e. The number of hydrogen-bond donors (Lipinski definition) is 1. The molecule has 0 aliphatic rings. The van der Waals surface area contributed by atoms with Crippen molar-refractivity contribution in [3.63, 3.8) is 0 Å². The van der Waals surface area contributed by atoms with Gasteiger partial charge in [-0.05, 0) is 38.2 Å². The fourth-order valence-corrected chi connectivity index (χ4v) is 3.29. The van der Waals surface area contributed by atoms with Gasteiger partial charge in [-0.1, -0.05) is 12.1 Å². The number of ether oxygens (including phenoxy) is 3. The summed E-state index contributed by atoms with van der Waals surface area (Å²) in [6.07, 6.45) is 3.31. The summed E-state index contributed by atoms with van der Waals surface area (Å²) in [5.74, 6) is 0.899. The van der Waals surface area contributed by atoms with Crippen LogP contribution in [0.25, 0.3) is 12.2 Å². The zero-order valence-corrected chi connectivity index (χ0v) is 15.4. The summed E-state index contributed by atoms with van der Waals surface area (Å²) in [5, 5.41) is 0.618. The first-order valence-electron chi connectivity index (χ1n) is 7.48. The van der Waals surface area contributed by atoms with Crippen molar-refractivity contribution in [2.45, 2.75) is 13.8 Å². The number of benzene rings is 1. The minimum atomic E-state index is -0.411. The Morgan fingerprint density at radius 2 is 2.12 bits per heavy atom. The lowest BCUT2D eigenvalue weighted by Gasteiger charge is -2.11. The lowest BCUT2D eigenvalue weighted by molar-refractivity contribution is -0.135. The summed E-state index contributed by atoms with van der Waals surface area (Å²) in [4.78, 5) is 14.7. The molecule has 0 unspecified atom stereocenters. The van der Waals surface area contributed by atoms with Crippen molar-refractivity contribution in [2.24, 2.45) is 0 Å². The maximum Gasteiger partial charge on any atom is 0.332 e. The second kappa shape index (κ2) is 8.65. The van der Waals surface area contributed by atoms with Gasteiger partial charge in [0.15, 0.2) is 15.5 Å². The lowest BCUT2D eigenvalue weighted by Crippen LogP contribution is -2.23. The molecule has 0 bridgehead atoms. The van der Waals surface area contributed by atoms with Crippen LogP contribution in [0, 0.1) is 3.95 Å². The molecular weight excluding hydrogens is 346 g/mol. The Bertz CT molecular complexity index is 883. The highest BCUT2D eigenvalue weighted by atomic mass is 32.1. The molecule has 1 N–H and O–H groups in total. The van der Waals surface area contributed by atoms with E-state index in [0.29, 0.717) is 34.0 Å². The molecule has 7 heteroatoms. The van der Waals surface area contributed by atoms with Gasteiger partial charge in [0.2, 0.25) is 0 Å². The number of nitrogens with one attached hydrogen (secondary N) is 1. The number of H-pyrrole nitrogens is 1. The number of carbonyl (C=O) groups excluding carboxylic acids is 1. The Kier molecular flexibility index (Phi) is 6.57. The summed E-state index contributed by atoms with van der Waals surface area (Å²) < 4.78 is 17.4. The maximum atomic E-state index is 11.7. The van der Waals surface area contributed by atoms with E-state index in [1.54, 1.807) is 14.0 Å². The van der Waals surface area contributed by atoms with Crippen molar-refractivity contribution < 1.29 is 19.0 Å². The number of rotatable bonds is 6. The summed E-state index contributed by atoms with van der Waals surface area (Å²) in [7, 11) is 1.60. The highest BCUT2D eigenvalue weighted by Crippen LogP contribution is 2.31. The molecule has 0 saturated carbocycles. The third-order valence-corrected chi connectivity index (χ3v) is 4.25. The molecule has 0 amide bonds. The van der Waals surface area contributed by atoms with E-state index in [1.807, 2.05) is 31.2 Å². The Balaban J connectivity index is 2.59. The fourth-order valence-electron chi connectivity index (χ4n) is 2.14. The van der Waals surface area contributed by atoms with Crippen molar-refractivity contribution >= 4 is 41.7 Å². The summed E-state index contributed by atoms with van der Waals surface area (Å²) in [6, 6.07) is 5.66. The van der Waals surface area contributed by atoms with Crippen LogP contribution in [0.1, 0.15) is 19.4 Å². The van der Waals surface area contributed by atoms with Gasteiger partial charge in [0, 0.05) is 11.6 Å². The van der Waals surface area contributed by atoms with E-state index in [9.17, 15) is 4.79 Å². The number of thiazole rings is 1. The zero-order chi connectivity index (χ0) is 17.5. The molecular formula is C17H19NO4S2. The van der Waals surface area contributed by atoms with Crippen molar-refractivity contribution in [3.05, 3.63) is 37.6 Å². The van der Waals surface area contributed by atoms with Gasteiger partial charge >= 0.3 is 5.97 Å². The molecule has 0 saturated heterocycles. The molecule has 24 heavy (non-hydrogen) atoms. The van der Waals surface area contributed by atoms with Crippen molar-refractivity contribution in [1.82, 2.24) is 4.98 Å². The van der Waals surface area contributed by atoms with Gasteiger partial charge in [-0.25, -0.2) is 4.79 Å². The van der Waals surface area contributed by atoms with E-state index in [0.717, 1.165) is 10.1 Å². The van der Waals surface area contributed by atoms with Gasteiger partial charge in [-0.15, -0.1) is 11.3 Å². The first-order valence-corrected chi connectivity index (χ1v) is 8.70. The maximum absolute atomic E-state index is 11.7. The summed E-state index contributed by atoms with van der Waals surface area (Å²) in [5.41, 5.74) is 0.840. The molecule has 2 aromatic rings. The quantitative estimate of drug-likeness (QED) is 0.629. The fraction of sp³-hybridized carbons (Fsp3) is 0.294. The van der Waals surface area contributed by atoms with Gasteiger partial charge in [0.1, 0.15) is 0 Å². The number of aromatic nitrogens is 1. The molecule has 0 fully saturated rings. The number of para-hydroxylation sites is 1. The predicted molar refractivity (Wildman–Crippen MR) is 97.6 cm³/mol. The lowest BCUT2D eigenvalue weighted by atomic mass is 10.1. The number of aromatic amines is 1. The third-order valence-electron chi connectivity index (χ3n) is 3.05. The van der Waals surface area contributed by atoms with E-state index >= 15 is 0 Å². The Morgan fingerprint density at radius 1 is 1.33 bits per heavy atom. The Hall–Kier alpha value is -2.12. The highest BCUT2D eigenvalue weighted by molar-refractivity contribution is 7.73. The Labute approximate surface area is 149 Å². The van der Waals surface area contributed by atoms with Gasteiger partial charge in [0.05, 0.1) is 30.2 Å². The van der Waals surface area contributed by atoms with E-state index in [1.165, 1.54) is 17.4 Å². The van der Waals surface area contributed by atoms with E-state index in [4.69, 9.17) is 26.4 Å². The summed E-state index contributed by atoms with van der Waals surface area (Å²) in [6.45, 7) is 4.55. The molecule has 128 valence electrons. The number of methoxy groups -OCH3 is 1. The molecule has 0 aliphatic heterocycles. The highest BCUT2D eigenvalue weighted by Gasteiger charge is 2.08. The third kappa shape index (κ3) is 4.46. The molecule has 0 spiro atoms. The normalized spacial score (nSPS) is 12.3. The van der Waals surface area contributed by atoms with Gasteiger partial charge in [-0.2, -0.15) is 0 Å². The van der Waals surface area contributed by atoms with Crippen LogP contribution in [0.4, 0.5) is 0 Å². The van der Waals surface area contributed by atoms with Crippen molar-refractivity contribution in [1.29, 1.82) is 0 Å². The second-order valence-corrected chi connectivity index (χ2v) is 6.36. The molecule has 0 radical (unpaired) electrons. The standard InChI is InChI=1S/C17H19NO4S2/c1-4-21-13-8-6-7-11(16(13)20-3)9-14-12(18-17(23)24-14)10-15(19)22-5-2/h6-10H,4-5H2,1-3H3,(H,18,23)/b12-10-,14-9-. The first-order chi connectivity index (χ1) is 11.6. The number of esters is 1. The molecule has 1 heterocycles. The van der Waals surface area contributed by atoms with Crippen LogP contribution >= 0.6 is 23.6 Å². The molecule has 2 rings (SSSR count). The SMILES string of the molecule is CCOC(=O)/C=c1\[nH]c(=S)s\c1=C/c1cccc(OCC)c1OC. The Morgan fingerprint density at radius 3 is 2.79 bits per heavy atom. The van der Waals surface area contributed by atoms with Crippen LogP contribution < -0.4 is 19.4 Å². The van der Waals surface area contributed by atoms with Gasteiger partial charge in [-0.3, -0.25) is 0 Å². The molecule has 1 aromatic heterocycles. The van der Waals surface area contributed by atoms with Crippen LogP contribution in [0.15, 0.2) is 18.2 Å². The molecule has 0 atom stereocenters. The molecule has 1 aromatic carbocycles. The minimum Gasteiger partial charge on any atom is -0.492 e. The van der Waals surface area contributed by atoms with Crippen LogP contribution in [-0.4, -0.2) is 31.3 Å². The van der Waals surface area contributed by atoms with Crippen LogP contribution in [0.5, 0.6) is 11.5 Å². The number of hydrogen-bond acceptors (Lipinski definition) is 6. The first kappa shape index (κ1) is 18.2. The van der Waals surface area contributed by atoms with E-state index < -0.39 is 5.97 Å². The van der Waals surface area contributed by atoms with Crippen LogP contribution in [0.3, 0.4) is 0 Å². The van der Waals surface area contributed by atoms with E-state index in [2.05, 4.69) is 4.98 Å². The minimum absolute atomic E-state index is 0.323. The monoisotopic (exact) mass is 365 g/mol. The zero-order valence-electron chi connectivity index (χ0n) is 13.8. The van der Waals surface area contributed by atoms with Gasteiger partial charge in [0.25, 0.3) is 0 Å². The average Bonchev–Trinajstić information content (AvgIpc) is 2.87. The van der Waals surface area contributed by atoms with Gasteiger partial charge < -0.3 is 19.2 Å². The van der Waals surface area contributed by atoms with E-state index in [-0.39, 0.29) is 0 Å². The predicted octanol–water partition coefficient (Wildman–Crippen LogP) is 2.39. The molecule has 0 aliphatic carbocycles. The van der Waals surface area contributed by atoms with Crippen molar-refractivity contribution in [2.75, 3.05) is 20.3 Å².